The van der Waals surface area contributed by atoms with Crippen LogP contribution in [0.1, 0.15) is 38.1 Å². The van der Waals surface area contributed by atoms with Gasteiger partial charge in [0.25, 0.3) is 5.91 Å². The summed E-state index contributed by atoms with van der Waals surface area (Å²) in [7, 11) is 0. The maximum Gasteiger partial charge on any atom is 0.257 e. The second-order valence-corrected chi connectivity index (χ2v) is 8.17. The van der Waals surface area contributed by atoms with Crippen molar-refractivity contribution in [1.82, 2.24) is 5.32 Å². The minimum Gasteiger partial charge on any atom is -0.491 e. The summed E-state index contributed by atoms with van der Waals surface area (Å²) in [5.41, 5.74) is 1.23. The minimum absolute atomic E-state index is 0.0918. The molecule has 31 heavy (non-hydrogen) atoms. The molecule has 3 N–H and O–H groups in total. The Labute approximate surface area is 188 Å². The molecule has 0 spiro atoms. The number of anilines is 2. The van der Waals surface area contributed by atoms with E-state index in [2.05, 4.69) is 16.0 Å². The fraction of sp³-hybridized carbons (Fsp3) is 0.348. The van der Waals surface area contributed by atoms with Gasteiger partial charge in [-0.2, -0.15) is 0 Å². The SMILES string of the molecule is CCOCCOc1ccc(C(=O)NC(=S)Nc2cccc(NC(=O)C(C)(C)C)c2)cc1. The molecule has 0 atom stereocenters. The van der Waals surface area contributed by atoms with Crippen molar-refractivity contribution < 1.29 is 19.1 Å². The highest BCUT2D eigenvalue weighted by atomic mass is 32.1. The summed E-state index contributed by atoms with van der Waals surface area (Å²) in [6.07, 6.45) is 0. The van der Waals surface area contributed by atoms with E-state index < -0.39 is 5.41 Å². The Morgan fingerprint density at radius 1 is 0.968 bits per heavy atom. The number of carbonyl (C=O) groups excluding carboxylic acids is 2. The third-order valence-electron chi connectivity index (χ3n) is 4.10. The fourth-order valence-electron chi connectivity index (χ4n) is 2.40. The molecule has 0 aliphatic rings. The van der Waals surface area contributed by atoms with Gasteiger partial charge in [-0.15, -0.1) is 0 Å². The van der Waals surface area contributed by atoms with E-state index in [0.29, 0.717) is 42.5 Å². The maximum atomic E-state index is 12.4. The van der Waals surface area contributed by atoms with Crippen LogP contribution in [0.15, 0.2) is 48.5 Å². The smallest absolute Gasteiger partial charge is 0.257 e. The van der Waals surface area contributed by atoms with Crippen molar-refractivity contribution >= 4 is 40.5 Å². The topological polar surface area (TPSA) is 88.7 Å². The number of carbonyl (C=O) groups is 2. The van der Waals surface area contributed by atoms with Crippen LogP contribution in [0.2, 0.25) is 0 Å². The summed E-state index contributed by atoms with van der Waals surface area (Å²) in [5, 5.41) is 8.61. The van der Waals surface area contributed by atoms with Crippen molar-refractivity contribution in [2.24, 2.45) is 5.41 Å². The molecule has 0 radical (unpaired) electrons. The minimum atomic E-state index is -0.503. The first-order chi connectivity index (χ1) is 14.7. The molecular formula is C23H29N3O4S. The lowest BCUT2D eigenvalue weighted by Crippen LogP contribution is -2.34. The van der Waals surface area contributed by atoms with E-state index in [1.807, 2.05) is 27.7 Å². The van der Waals surface area contributed by atoms with E-state index in [1.165, 1.54) is 0 Å². The van der Waals surface area contributed by atoms with E-state index in [4.69, 9.17) is 21.7 Å². The van der Waals surface area contributed by atoms with Crippen molar-refractivity contribution in [2.45, 2.75) is 27.7 Å². The summed E-state index contributed by atoms with van der Waals surface area (Å²) < 4.78 is 10.8. The van der Waals surface area contributed by atoms with Gasteiger partial charge < -0.3 is 20.1 Å². The highest BCUT2D eigenvalue weighted by molar-refractivity contribution is 7.80. The number of amides is 2. The molecule has 0 saturated carbocycles. The van der Waals surface area contributed by atoms with Crippen molar-refractivity contribution in [3.05, 3.63) is 54.1 Å². The van der Waals surface area contributed by atoms with Crippen LogP contribution in [0.3, 0.4) is 0 Å². The van der Waals surface area contributed by atoms with Gasteiger partial charge >= 0.3 is 0 Å². The number of thiocarbonyl (C=S) groups is 1. The summed E-state index contributed by atoms with van der Waals surface area (Å²) in [4.78, 5) is 24.6. The van der Waals surface area contributed by atoms with Crippen LogP contribution in [-0.4, -0.2) is 36.7 Å². The quantitative estimate of drug-likeness (QED) is 0.418. The van der Waals surface area contributed by atoms with E-state index in [-0.39, 0.29) is 16.9 Å². The molecule has 0 aromatic heterocycles. The molecule has 0 aliphatic heterocycles. The molecule has 2 aromatic rings. The van der Waals surface area contributed by atoms with Gasteiger partial charge in [-0.1, -0.05) is 26.8 Å². The highest BCUT2D eigenvalue weighted by Crippen LogP contribution is 2.20. The number of rotatable bonds is 8. The summed E-state index contributed by atoms with van der Waals surface area (Å²) >= 11 is 5.24. The standard InChI is InChI=1S/C23H29N3O4S/c1-5-29-13-14-30-19-11-9-16(10-12-19)20(27)26-22(31)25-18-8-6-7-17(15-18)24-21(28)23(2,3)4/h6-12,15H,5,13-14H2,1-4H3,(H,24,28)(H2,25,26,27,31). The second-order valence-electron chi connectivity index (χ2n) is 7.76. The first-order valence-electron chi connectivity index (χ1n) is 10.0. The van der Waals surface area contributed by atoms with Gasteiger partial charge in [0.1, 0.15) is 12.4 Å². The third kappa shape index (κ3) is 8.35. The van der Waals surface area contributed by atoms with Crippen LogP contribution < -0.4 is 20.7 Å². The zero-order valence-corrected chi connectivity index (χ0v) is 19.1. The Bertz CT molecular complexity index is 908. The summed E-state index contributed by atoms with van der Waals surface area (Å²) in [5.74, 6) is 0.229. The average Bonchev–Trinajstić information content (AvgIpc) is 2.71. The van der Waals surface area contributed by atoms with E-state index in [1.54, 1.807) is 48.5 Å². The van der Waals surface area contributed by atoms with Gasteiger partial charge in [-0.05, 0) is 61.6 Å². The molecule has 8 heteroatoms. The van der Waals surface area contributed by atoms with Crippen LogP contribution in [-0.2, 0) is 9.53 Å². The monoisotopic (exact) mass is 443 g/mol. The second kappa shape index (κ2) is 11.4. The lowest BCUT2D eigenvalue weighted by molar-refractivity contribution is -0.123. The van der Waals surface area contributed by atoms with E-state index in [0.717, 1.165) is 0 Å². The average molecular weight is 444 g/mol. The predicted octanol–water partition coefficient (Wildman–Crippen LogP) is 4.21. The van der Waals surface area contributed by atoms with Crippen molar-refractivity contribution in [3.63, 3.8) is 0 Å². The first kappa shape index (κ1) is 24.3. The van der Waals surface area contributed by atoms with Crippen molar-refractivity contribution in [3.8, 4) is 5.75 Å². The van der Waals surface area contributed by atoms with Gasteiger partial charge in [-0.25, -0.2) is 0 Å². The molecule has 166 valence electrons. The van der Waals surface area contributed by atoms with Gasteiger partial charge in [0.05, 0.1) is 6.61 Å². The molecule has 7 nitrogen and oxygen atoms in total. The molecular weight excluding hydrogens is 414 g/mol. The Balaban J connectivity index is 1.88. The highest BCUT2D eigenvalue weighted by Gasteiger charge is 2.21. The molecule has 2 aromatic carbocycles. The normalized spacial score (nSPS) is 10.8. The van der Waals surface area contributed by atoms with Crippen molar-refractivity contribution in [2.75, 3.05) is 30.5 Å². The van der Waals surface area contributed by atoms with Crippen LogP contribution in [0, 0.1) is 5.41 Å². The van der Waals surface area contributed by atoms with Gasteiger partial charge in [0.15, 0.2) is 5.11 Å². The first-order valence-corrected chi connectivity index (χ1v) is 10.4. The molecule has 0 heterocycles. The summed E-state index contributed by atoms with van der Waals surface area (Å²) in [6.45, 7) is 9.06. The van der Waals surface area contributed by atoms with Gasteiger partial charge in [-0.3, -0.25) is 14.9 Å². The summed E-state index contributed by atoms with van der Waals surface area (Å²) in [6, 6.07) is 13.9. The molecule has 0 aliphatic carbocycles. The molecule has 0 unspecified atom stereocenters. The fourth-order valence-corrected chi connectivity index (χ4v) is 2.61. The van der Waals surface area contributed by atoms with Crippen LogP contribution in [0.4, 0.5) is 11.4 Å². The number of benzene rings is 2. The Hall–Kier alpha value is -2.97. The molecule has 0 bridgehead atoms. The number of hydrogen-bond acceptors (Lipinski definition) is 5. The lowest BCUT2D eigenvalue weighted by Gasteiger charge is -2.18. The zero-order chi connectivity index (χ0) is 22.9. The Kier molecular flexibility index (Phi) is 8.96. The van der Waals surface area contributed by atoms with E-state index in [9.17, 15) is 9.59 Å². The molecule has 0 fully saturated rings. The zero-order valence-electron chi connectivity index (χ0n) is 18.3. The van der Waals surface area contributed by atoms with Crippen LogP contribution in [0.25, 0.3) is 0 Å². The van der Waals surface area contributed by atoms with Crippen LogP contribution >= 0.6 is 12.2 Å². The number of hydrogen-bond donors (Lipinski definition) is 3. The predicted molar refractivity (Wildman–Crippen MR) is 127 cm³/mol. The molecule has 2 rings (SSSR count). The molecule has 0 saturated heterocycles. The number of nitrogens with one attached hydrogen (secondary N) is 3. The van der Waals surface area contributed by atoms with Gasteiger partial charge in [0, 0.05) is 29.0 Å². The van der Waals surface area contributed by atoms with E-state index >= 15 is 0 Å². The third-order valence-corrected chi connectivity index (χ3v) is 4.31. The maximum absolute atomic E-state index is 12.4. The largest absolute Gasteiger partial charge is 0.491 e. The van der Waals surface area contributed by atoms with Gasteiger partial charge in [0.2, 0.25) is 5.91 Å². The lowest BCUT2D eigenvalue weighted by atomic mass is 9.95. The Morgan fingerprint density at radius 2 is 1.61 bits per heavy atom. The number of ether oxygens (including phenoxy) is 2. The molecule has 2 amide bonds. The van der Waals surface area contributed by atoms with Crippen LogP contribution in [0.5, 0.6) is 5.75 Å². The Morgan fingerprint density at radius 3 is 2.23 bits per heavy atom. The van der Waals surface area contributed by atoms with Crippen molar-refractivity contribution in [1.29, 1.82) is 0 Å².